The lowest BCUT2D eigenvalue weighted by atomic mass is 10.1. The highest BCUT2D eigenvalue weighted by Crippen LogP contribution is 2.23. The first-order valence-electron chi connectivity index (χ1n) is 9.89. The molecule has 0 bridgehead atoms. The zero-order valence-electron chi connectivity index (χ0n) is 18.0. The van der Waals surface area contributed by atoms with Crippen LogP contribution in [-0.2, 0) is 4.74 Å². The number of hydrogen-bond acceptors (Lipinski definition) is 5. The third kappa shape index (κ3) is 4.83. The molecule has 31 heavy (non-hydrogen) atoms. The van der Waals surface area contributed by atoms with Gasteiger partial charge in [0.05, 0.1) is 31.2 Å². The molecule has 0 fully saturated rings. The van der Waals surface area contributed by atoms with E-state index < -0.39 is 5.97 Å². The maximum absolute atomic E-state index is 12.3. The van der Waals surface area contributed by atoms with Crippen molar-refractivity contribution in [3.05, 3.63) is 82.7 Å². The van der Waals surface area contributed by atoms with E-state index >= 15 is 0 Å². The lowest BCUT2D eigenvalue weighted by molar-refractivity contribution is 0.0600. The maximum atomic E-state index is 12.3. The van der Waals surface area contributed by atoms with Gasteiger partial charge in [0.2, 0.25) is 0 Å². The van der Waals surface area contributed by atoms with Gasteiger partial charge in [-0.2, -0.15) is 5.10 Å². The van der Waals surface area contributed by atoms with Gasteiger partial charge in [0, 0.05) is 22.5 Å². The molecule has 1 heterocycles. The van der Waals surface area contributed by atoms with Crippen LogP contribution >= 0.6 is 0 Å². The fraction of sp³-hybridized carbons (Fsp3) is 0.208. The van der Waals surface area contributed by atoms with Crippen molar-refractivity contribution in [3.8, 4) is 11.4 Å². The van der Waals surface area contributed by atoms with E-state index in [1.165, 1.54) is 7.11 Å². The number of rotatable bonds is 7. The van der Waals surface area contributed by atoms with Crippen LogP contribution in [0.5, 0.6) is 5.75 Å². The van der Waals surface area contributed by atoms with Gasteiger partial charge in [-0.25, -0.2) is 10.2 Å². The zero-order chi connectivity index (χ0) is 22.4. The first kappa shape index (κ1) is 21.8. The number of aromatic nitrogens is 1. The van der Waals surface area contributed by atoms with Gasteiger partial charge in [-0.3, -0.25) is 4.79 Å². The number of nitrogens with zero attached hydrogens (tertiary/aromatic N) is 2. The summed E-state index contributed by atoms with van der Waals surface area (Å²) in [6.07, 6.45) is 1.59. The smallest absolute Gasteiger partial charge is 0.339 e. The number of carbonyl (C=O) groups excluding carboxylic acids is 2. The van der Waals surface area contributed by atoms with Crippen molar-refractivity contribution in [1.82, 2.24) is 9.99 Å². The summed E-state index contributed by atoms with van der Waals surface area (Å²) in [6.45, 7) is 6.34. The Morgan fingerprint density at radius 1 is 1.10 bits per heavy atom. The fourth-order valence-electron chi connectivity index (χ4n) is 3.33. The molecule has 2 aromatic carbocycles. The van der Waals surface area contributed by atoms with E-state index in [1.54, 1.807) is 42.6 Å². The standard InChI is InChI=1S/C24H25N3O4/c1-5-31-20-12-10-18(11-13-20)23(28)26-25-15-19-14-16(2)27(17(19)3)22-9-7-6-8-21(22)24(29)30-4/h6-15H,5H2,1-4H3,(H,26,28)/b25-15-. The van der Waals surface area contributed by atoms with Gasteiger partial charge in [0.25, 0.3) is 5.91 Å². The highest BCUT2D eigenvalue weighted by Gasteiger charge is 2.17. The molecule has 0 unspecified atom stereocenters. The van der Waals surface area contributed by atoms with E-state index in [1.807, 2.05) is 43.5 Å². The van der Waals surface area contributed by atoms with Crippen LogP contribution in [0.4, 0.5) is 0 Å². The van der Waals surface area contributed by atoms with Crippen molar-refractivity contribution < 1.29 is 19.1 Å². The molecule has 7 heteroatoms. The molecule has 1 aromatic heterocycles. The lowest BCUT2D eigenvalue weighted by Gasteiger charge is -2.13. The first-order chi connectivity index (χ1) is 15.0. The molecule has 3 rings (SSSR count). The Morgan fingerprint density at radius 3 is 2.48 bits per heavy atom. The average molecular weight is 419 g/mol. The van der Waals surface area contributed by atoms with Crippen molar-refractivity contribution in [2.75, 3.05) is 13.7 Å². The molecule has 0 radical (unpaired) electrons. The lowest BCUT2D eigenvalue weighted by Crippen LogP contribution is -2.17. The van der Waals surface area contributed by atoms with E-state index in [4.69, 9.17) is 9.47 Å². The first-order valence-corrected chi connectivity index (χ1v) is 9.89. The van der Waals surface area contributed by atoms with Crippen molar-refractivity contribution in [3.63, 3.8) is 0 Å². The van der Waals surface area contributed by atoms with Gasteiger partial charge in [-0.1, -0.05) is 12.1 Å². The van der Waals surface area contributed by atoms with Gasteiger partial charge < -0.3 is 14.0 Å². The minimum atomic E-state index is -0.402. The Labute approximate surface area is 181 Å². The molecule has 0 spiro atoms. The number of methoxy groups -OCH3 is 1. The van der Waals surface area contributed by atoms with Crippen LogP contribution < -0.4 is 10.2 Å². The van der Waals surface area contributed by atoms with Crippen LogP contribution in [0.25, 0.3) is 5.69 Å². The number of amides is 1. The van der Waals surface area contributed by atoms with Gasteiger partial charge >= 0.3 is 5.97 Å². The monoisotopic (exact) mass is 419 g/mol. The number of benzene rings is 2. The molecule has 0 aliphatic carbocycles. The molecule has 0 saturated heterocycles. The van der Waals surface area contributed by atoms with E-state index in [0.29, 0.717) is 23.5 Å². The molecular formula is C24H25N3O4. The SMILES string of the molecule is CCOc1ccc(C(=O)N/N=C\c2cc(C)n(-c3ccccc3C(=O)OC)c2C)cc1. The second-order valence-corrected chi connectivity index (χ2v) is 6.83. The quantitative estimate of drug-likeness (QED) is 0.356. The van der Waals surface area contributed by atoms with E-state index in [0.717, 1.165) is 22.6 Å². The van der Waals surface area contributed by atoms with E-state index in [9.17, 15) is 9.59 Å². The number of nitrogens with one attached hydrogen (secondary N) is 1. The Balaban J connectivity index is 1.79. The molecule has 0 atom stereocenters. The molecule has 0 saturated carbocycles. The predicted octanol–water partition coefficient (Wildman–Crippen LogP) is 4.04. The van der Waals surface area contributed by atoms with E-state index in [2.05, 4.69) is 10.5 Å². The third-order valence-electron chi connectivity index (χ3n) is 4.82. The Bertz CT molecular complexity index is 1110. The molecule has 0 aliphatic rings. The highest BCUT2D eigenvalue weighted by molar-refractivity contribution is 5.95. The second-order valence-electron chi connectivity index (χ2n) is 6.83. The van der Waals surface area contributed by atoms with Crippen molar-refractivity contribution in [2.45, 2.75) is 20.8 Å². The highest BCUT2D eigenvalue weighted by atomic mass is 16.5. The molecule has 1 N–H and O–H groups in total. The Hall–Kier alpha value is -3.87. The summed E-state index contributed by atoms with van der Waals surface area (Å²) in [5, 5.41) is 4.10. The summed E-state index contributed by atoms with van der Waals surface area (Å²) in [5.41, 5.74) is 6.85. The third-order valence-corrected chi connectivity index (χ3v) is 4.82. The minimum Gasteiger partial charge on any atom is -0.494 e. The topological polar surface area (TPSA) is 81.9 Å². The van der Waals surface area contributed by atoms with Crippen LogP contribution in [0.3, 0.4) is 0 Å². The average Bonchev–Trinajstić information content (AvgIpc) is 3.06. The van der Waals surface area contributed by atoms with Gasteiger partial charge in [-0.15, -0.1) is 0 Å². The minimum absolute atomic E-state index is 0.316. The molecular weight excluding hydrogens is 394 g/mol. The number of para-hydroxylation sites is 1. The molecule has 7 nitrogen and oxygen atoms in total. The van der Waals surface area contributed by atoms with Crippen LogP contribution in [0.2, 0.25) is 0 Å². The maximum Gasteiger partial charge on any atom is 0.339 e. The number of hydrazone groups is 1. The number of aryl methyl sites for hydroxylation is 1. The number of ether oxygens (including phenoxy) is 2. The summed E-state index contributed by atoms with van der Waals surface area (Å²) >= 11 is 0. The number of esters is 1. The van der Waals surface area contributed by atoms with Crippen molar-refractivity contribution in [2.24, 2.45) is 5.10 Å². The molecule has 0 aliphatic heterocycles. The Kier molecular flexibility index (Phi) is 6.87. The Morgan fingerprint density at radius 2 is 1.81 bits per heavy atom. The fourth-order valence-corrected chi connectivity index (χ4v) is 3.33. The summed E-state index contributed by atoms with van der Waals surface area (Å²) in [5.74, 6) is -0.00712. The van der Waals surface area contributed by atoms with Crippen LogP contribution in [0.1, 0.15) is 44.6 Å². The van der Waals surface area contributed by atoms with Crippen LogP contribution in [0.15, 0.2) is 59.7 Å². The summed E-state index contributed by atoms with van der Waals surface area (Å²) < 4.78 is 12.2. The van der Waals surface area contributed by atoms with Gasteiger partial charge in [0.15, 0.2) is 0 Å². The van der Waals surface area contributed by atoms with Gasteiger partial charge in [-0.05, 0) is 63.2 Å². The summed E-state index contributed by atoms with van der Waals surface area (Å²) in [6, 6.07) is 16.1. The number of carbonyl (C=O) groups is 2. The zero-order valence-corrected chi connectivity index (χ0v) is 18.0. The normalized spacial score (nSPS) is 10.8. The molecule has 160 valence electrons. The summed E-state index contributed by atoms with van der Waals surface area (Å²) in [4.78, 5) is 24.5. The summed E-state index contributed by atoms with van der Waals surface area (Å²) in [7, 11) is 1.36. The largest absolute Gasteiger partial charge is 0.494 e. The predicted molar refractivity (Wildman–Crippen MR) is 119 cm³/mol. The van der Waals surface area contributed by atoms with Crippen LogP contribution in [-0.4, -0.2) is 36.4 Å². The van der Waals surface area contributed by atoms with E-state index in [-0.39, 0.29) is 5.91 Å². The molecule has 3 aromatic rings. The molecule has 1 amide bonds. The van der Waals surface area contributed by atoms with Crippen LogP contribution in [0, 0.1) is 13.8 Å². The van der Waals surface area contributed by atoms with Crippen molar-refractivity contribution in [1.29, 1.82) is 0 Å². The van der Waals surface area contributed by atoms with Crippen molar-refractivity contribution >= 4 is 18.1 Å². The van der Waals surface area contributed by atoms with Gasteiger partial charge in [0.1, 0.15) is 5.75 Å². The second kappa shape index (κ2) is 9.75. The number of hydrogen-bond donors (Lipinski definition) is 1.